The standard InChI is InChI=1S/C12H20N4O/c1-2-11-14-15-12(17-11)8-16-6-5-9-3-4-10(7-16)13-9/h9-10,13H,2-8H2,1H3. The van der Waals surface area contributed by atoms with Crippen molar-refractivity contribution in [3.8, 4) is 0 Å². The molecule has 2 saturated heterocycles. The van der Waals surface area contributed by atoms with Gasteiger partial charge in [0.2, 0.25) is 11.8 Å². The van der Waals surface area contributed by atoms with Crippen LogP contribution in [0.3, 0.4) is 0 Å². The van der Waals surface area contributed by atoms with Crippen LogP contribution in [0.15, 0.2) is 4.42 Å². The highest BCUT2D eigenvalue weighted by Gasteiger charge is 2.29. The molecule has 2 unspecified atom stereocenters. The maximum Gasteiger partial charge on any atom is 0.230 e. The fraction of sp³-hybridized carbons (Fsp3) is 0.833. The van der Waals surface area contributed by atoms with Gasteiger partial charge in [0, 0.05) is 31.6 Å². The molecule has 3 heterocycles. The van der Waals surface area contributed by atoms with Gasteiger partial charge in [-0.2, -0.15) is 0 Å². The van der Waals surface area contributed by atoms with Crippen molar-refractivity contribution >= 4 is 0 Å². The Bertz CT molecular complexity index is 378. The van der Waals surface area contributed by atoms with Gasteiger partial charge in [-0.05, 0) is 19.3 Å². The Hall–Kier alpha value is -0.940. The molecule has 0 saturated carbocycles. The SMILES string of the molecule is CCc1nnc(CN2CCC3CCC(C2)N3)o1. The fourth-order valence-corrected chi connectivity index (χ4v) is 2.85. The third kappa shape index (κ3) is 2.50. The highest BCUT2D eigenvalue weighted by molar-refractivity contribution is 4.91. The van der Waals surface area contributed by atoms with Gasteiger partial charge in [0.1, 0.15) is 0 Å². The lowest BCUT2D eigenvalue weighted by atomic mass is 10.1. The van der Waals surface area contributed by atoms with E-state index in [1.807, 2.05) is 6.92 Å². The second-order valence-electron chi connectivity index (χ2n) is 5.10. The predicted molar refractivity (Wildman–Crippen MR) is 63.5 cm³/mol. The summed E-state index contributed by atoms with van der Waals surface area (Å²) in [6.45, 7) is 5.09. The van der Waals surface area contributed by atoms with E-state index in [1.165, 1.54) is 19.3 Å². The summed E-state index contributed by atoms with van der Waals surface area (Å²) in [5.41, 5.74) is 0. The van der Waals surface area contributed by atoms with E-state index in [1.54, 1.807) is 0 Å². The fourth-order valence-electron chi connectivity index (χ4n) is 2.85. The van der Waals surface area contributed by atoms with Crippen LogP contribution in [-0.4, -0.2) is 40.3 Å². The Morgan fingerprint density at radius 1 is 1.24 bits per heavy atom. The van der Waals surface area contributed by atoms with E-state index in [0.717, 1.165) is 43.9 Å². The van der Waals surface area contributed by atoms with E-state index >= 15 is 0 Å². The largest absolute Gasteiger partial charge is 0.424 e. The van der Waals surface area contributed by atoms with E-state index in [-0.39, 0.29) is 0 Å². The first-order chi connectivity index (χ1) is 8.33. The van der Waals surface area contributed by atoms with Crippen LogP contribution in [-0.2, 0) is 13.0 Å². The van der Waals surface area contributed by atoms with Crippen LogP contribution in [0.4, 0.5) is 0 Å². The minimum atomic E-state index is 0.663. The number of nitrogens with zero attached hydrogens (tertiary/aromatic N) is 3. The molecule has 17 heavy (non-hydrogen) atoms. The first-order valence-electron chi connectivity index (χ1n) is 6.63. The van der Waals surface area contributed by atoms with Gasteiger partial charge < -0.3 is 9.73 Å². The normalized spacial score (nSPS) is 29.5. The average molecular weight is 236 g/mol. The zero-order valence-electron chi connectivity index (χ0n) is 10.4. The Labute approximate surface area is 102 Å². The summed E-state index contributed by atoms with van der Waals surface area (Å²) in [5, 5.41) is 11.8. The zero-order valence-corrected chi connectivity index (χ0v) is 10.4. The maximum atomic E-state index is 5.57. The molecule has 1 aromatic heterocycles. The first kappa shape index (κ1) is 11.2. The van der Waals surface area contributed by atoms with Gasteiger partial charge in [0.15, 0.2) is 0 Å². The molecule has 2 fully saturated rings. The first-order valence-corrected chi connectivity index (χ1v) is 6.63. The quantitative estimate of drug-likeness (QED) is 0.847. The predicted octanol–water partition coefficient (Wildman–Crippen LogP) is 0.958. The molecule has 0 aliphatic carbocycles. The van der Waals surface area contributed by atoms with E-state index in [4.69, 9.17) is 4.42 Å². The number of nitrogens with one attached hydrogen (secondary N) is 1. The van der Waals surface area contributed by atoms with Crippen molar-refractivity contribution < 1.29 is 4.42 Å². The van der Waals surface area contributed by atoms with Gasteiger partial charge in [-0.15, -0.1) is 10.2 Å². The van der Waals surface area contributed by atoms with E-state index in [2.05, 4.69) is 20.4 Å². The summed E-state index contributed by atoms with van der Waals surface area (Å²) in [6.07, 6.45) is 4.72. The summed E-state index contributed by atoms with van der Waals surface area (Å²) in [7, 11) is 0. The minimum Gasteiger partial charge on any atom is -0.424 e. The average Bonchev–Trinajstić information content (AvgIpc) is 2.89. The molecule has 2 aliphatic heterocycles. The lowest BCUT2D eigenvalue weighted by molar-refractivity contribution is 0.225. The van der Waals surface area contributed by atoms with Gasteiger partial charge >= 0.3 is 0 Å². The van der Waals surface area contributed by atoms with Crippen LogP contribution in [0.25, 0.3) is 0 Å². The van der Waals surface area contributed by atoms with Crippen molar-refractivity contribution in [1.82, 2.24) is 20.4 Å². The number of likely N-dealkylation sites (tertiary alicyclic amines) is 1. The van der Waals surface area contributed by atoms with Crippen LogP contribution in [0.1, 0.15) is 38.0 Å². The molecule has 2 bridgehead atoms. The van der Waals surface area contributed by atoms with Crippen LogP contribution < -0.4 is 5.32 Å². The molecule has 0 spiro atoms. The molecule has 94 valence electrons. The van der Waals surface area contributed by atoms with Crippen LogP contribution >= 0.6 is 0 Å². The highest BCUT2D eigenvalue weighted by atomic mass is 16.4. The highest BCUT2D eigenvalue weighted by Crippen LogP contribution is 2.21. The lowest BCUT2D eigenvalue weighted by Crippen LogP contribution is -2.35. The molecule has 5 heteroatoms. The Morgan fingerprint density at radius 3 is 2.88 bits per heavy atom. The Kier molecular flexibility index (Phi) is 3.11. The van der Waals surface area contributed by atoms with Crippen LogP contribution in [0.2, 0.25) is 0 Å². The number of hydrogen-bond acceptors (Lipinski definition) is 5. The molecule has 5 nitrogen and oxygen atoms in total. The van der Waals surface area contributed by atoms with Gasteiger partial charge in [-0.3, -0.25) is 4.90 Å². The third-order valence-corrected chi connectivity index (χ3v) is 3.78. The van der Waals surface area contributed by atoms with E-state index in [9.17, 15) is 0 Å². The number of fused-ring (bicyclic) bond motifs is 2. The van der Waals surface area contributed by atoms with E-state index < -0.39 is 0 Å². The molecule has 0 aromatic carbocycles. The monoisotopic (exact) mass is 236 g/mol. The zero-order chi connectivity index (χ0) is 11.7. The van der Waals surface area contributed by atoms with Crippen molar-refractivity contribution in [1.29, 1.82) is 0 Å². The van der Waals surface area contributed by atoms with Gasteiger partial charge in [-0.1, -0.05) is 6.92 Å². The topological polar surface area (TPSA) is 54.2 Å². The van der Waals surface area contributed by atoms with Crippen molar-refractivity contribution in [2.24, 2.45) is 0 Å². The summed E-state index contributed by atoms with van der Waals surface area (Å²) in [6, 6.07) is 1.40. The summed E-state index contributed by atoms with van der Waals surface area (Å²) in [4.78, 5) is 2.43. The third-order valence-electron chi connectivity index (χ3n) is 3.78. The van der Waals surface area contributed by atoms with Gasteiger partial charge in [-0.25, -0.2) is 0 Å². The molecule has 2 atom stereocenters. The minimum absolute atomic E-state index is 0.663. The van der Waals surface area contributed by atoms with Crippen molar-refractivity contribution in [3.63, 3.8) is 0 Å². The number of rotatable bonds is 3. The smallest absolute Gasteiger partial charge is 0.230 e. The molecule has 1 aromatic rings. The molecule has 0 amide bonds. The van der Waals surface area contributed by atoms with Crippen LogP contribution in [0.5, 0.6) is 0 Å². The molecular weight excluding hydrogens is 216 g/mol. The van der Waals surface area contributed by atoms with E-state index in [0.29, 0.717) is 6.04 Å². The van der Waals surface area contributed by atoms with Crippen molar-refractivity contribution in [2.45, 2.75) is 51.2 Å². The molecule has 2 aliphatic rings. The number of hydrogen-bond donors (Lipinski definition) is 1. The number of aromatic nitrogens is 2. The lowest BCUT2D eigenvalue weighted by Gasteiger charge is -2.21. The summed E-state index contributed by atoms with van der Waals surface area (Å²) in [5.74, 6) is 1.51. The second kappa shape index (κ2) is 4.74. The van der Waals surface area contributed by atoms with Crippen LogP contribution in [0, 0.1) is 0 Å². The Balaban J connectivity index is 1.61. The molecule has 1 N–H and O–H groups in total. The Morgan fingerprint density at radius 2 is 2.06 bits per heavy atom. The second-order valence-corrected chi connectivity index (χ2v) is 5.10. The van der Waals surface area contributed by atoms with Crippen molar-refractivity contribution in [2.75, 3.05) is 13.1 Å². The number of aryl methyl sites for hydroxylation is 1. The maximum absolute atomic E-state index is 5.57. The van der Waals surface area contributed by atoms with Gasteiger partial charge in [0.25, 0.3) is 0 Å². The summed E-state index contributed by atoms with van der Waals surface area (Å²) < 4.78 is 5.57. The van der Waals surface area contributed by atoms with Gasteiger partial charge in [0.05, 0.1) is 6.54 Å². The molecular formula is C12H20N4O. The molecule has 0 radical (unpaired) electrons. The molecule has 3 rings (SSSR count). The summed E-state index contributed by atoms with van der Waals surface area (Å²) >= 11 is 0. The van der Waals surface area contributed by atoms with Crippen molar-refractivity contribution in [3.05, 3.63) is 11.8 Å².